The van der Waals surface area contributed by atoms with E-state index in [1.54, 1.807) is 0 Å². The number of hydrogen-bond donors (Lipinski definition) is 3. The van der Waals surface area contributed by atoms with Crippen LogP contribution in [0.4, 0.5) is 0 Å². The van der Waals surface area contributed by atoms with E-state index >= 15 is 0 Å². The molecule has 1 aromatic carbocycles. The van der Waals surface area contributed by atoms with Crippen molar-refractivity contribution in [2.24, 2.45) is 5.92 Å². The van der Waals surface area contributed by atoms with Gasteiger partial charge in [-0.25, -0.2) is 0 Å². The molecule has 2 aliphatic heterocycles. The summed E-state index contributed by atoms with van der Waals surface area (Å²) in [6, 6.07) is 9.50. The van der Waals surface area contributed by atoms with E-state index < -0.39 is 6.10 Å². The van der Waals surface area contributed by atoms with Gasteiger partial charge in [0.15, 0.2) is 0 Å². The van der Waals surface area contributed by atoms with Crippen LogP contribution in [0, 0.1) is 5.92 Å². The Kier molecular flexibility index (Phi) is 8.03. The van der Waals surface area contributed by atoms with Crippen molar-refractivity contribution >= 4 is 11.8 Å². The minimum atomic E-state index is -0.489. The third-order valence-corrected chi connectivity index (χ3v) is 5.81. The Hall–Kier alpha value is -1.96. The zero-order chi connectivity index (χ0) is 20.6. The van der Waals surface area contributed by atoms with Crippen molar-refractivity contribution in [2.45, 2.75) is 63.3 Å². The number of amides is 2. The van der Waals surface area contributed by atoms with Crippen LogP contribution in [0.2, 0.25) is 0 Å². The highest BCUT2D eigenvalue weighted by Crippen LogP contribution is 2.24. The van der Waals surface area contributed by atoms with Gasteiger partial charge in [-0.2, -0.15) is 0 Å². The summed E-state index contributed by atoms with van der Waals surface area (Å²) in [7, 11) is 0. The number of rotatable bonds is 7. The summed E-state index contributed by atoms with van der Waals surface area (Å²) in [5.41, 5.74) is 1.05. The molecule has 1 aromatic rings. The first kappa shape index (κ1) is 21.7. The third kappa shape index (κ3) is 6.26. The molecule has 0 aromatic heterocycles. The molecule has 3 N–H and O–H groups in total. The molecule has 0 aliphatic carbocycles. The van der Waals surface area contributed by atoms with Gasteiger partial charge in [0.1, 0.15) is 6.10 Å². The molecule has 7 heteroatoms. The first-order valence-electron chi connectivity index (χ1n) is 10.6. The van der Waals surface area contributed by atoms with E-state index in [-0.39, 0.29) is 48.9 Å². The Morgan fingerprint density at radius 2 is 1.86 bits per heavy atom. The van der Waals surface area contributed by atoms with E-state index in [1.807, 2.05) is 37.3 Å². The van der Waals surface area contributed by atoms with Crippen LogP contribution in [-0.2, 0) is 19.1 Å². The maximum absolute atomic E-state index is 12.5. The number of ether oxygens (including phenoxy) is 2. The quantitative estimate of drug-likeness (QED) is 0.643. The van der Waals surface area contributed by atoms with E-state index in [2.05, 4.69) is 10.6 Å². The molecule has 2 aliphatic rings. The summed E-state index contributed by atoms with van der Waals surface area (Å²) in [5, 5.41) is 15.8. The van der Waals surface area contributed by atoms with Crippen LogP contribution in [0.1, 0.15) is 50.6 Å². The first-order valence-corrected chi connectivity index (χ1v) is 10.6. The minimum absolute atomic E-state index is 0.00762. The van der Waals surface area contributed by atoms with Gasteiger partial charge in [0.05, 0.1) is 31.2 Å². The summed E-state index contributed by atoms with van der Waals surface area (Å²) in [4.78, 5) is 24.9. The fourth-order valence-corrected chi connectivity index (χ4v) is 4.04. The number of aliphatic hydroxyl groups excluding tert-OH is 1. The monoisotopic (exact) mass is 404 g/mol. The van der Waals surface area contributed by atoms with Gasteiger partial charge in [0.2, 0.25) is 11.8 Å². The lowest BCUT2D eigenvalue weighted by Gasteiger charge is -2.37. The second kappa shape index (κ2) is 10.7. The number of benzene rings is 1. The van der Waals surface area contributed by atoms with Crippen LogP contribution in [0.15, 0.2) is 30.3 Å². The molecular formula is C22H32N2O5. The molecule has 0 unspecified atom stereocenters. The molecule has 29 heavy (non-hydrogen) atoms. The van der Waals surface area contributed by atoms with E-state index in [9.17, 15) is 14.7 Å². The van der Waals surface area contributed by atoms with Crippen molar-refractivity contribution in [1.29, 1.82) is 0 Å². The normalized spacial score (nSPS) is 26.5. The summed E-state index contributed by atoms with van der Waals surface area (Å²) >= 11 is 0. The fourth-order valence-electron chi connectivity index (χ4n) is 4.04. The summed E-state index contributed by atoms with van der Waals surface area (Å²) < 4.78 is 11.3. The molecule has 0 spiro atoms. The number of carbonyl (C=O) groups excluding carboxylic acids is 2. The Bertz CT molecular complexity index is 662. The average Bonchev–Trinajstić information content (AvgIpc) is 2.75. The van der Waals surface area contributed by atoms with Crippen LogP contribution in [0.5, 0.6) is 0 Å². The van der Waals surface area contributed by atoms with Crippen molar-refractivity contribution < 1.29 is 24.2 Å². The lowest BCUT2D eigenvalue weighted by molar-refractivity contribution is -0.139. The molecule has 3 rings (SSSR count). The van der Waals surface area contributed by atoms with Crippen molar-refractivity contribution in [3.63, 3.8) is 0 Å². The molecule has 2 amide bonds. The van der Waals surface area contributed by atoms with Gasteiger partial charge in [-0.15, -0.1) is 0 Å². The SMILES string of the molecule is C[C@@H](NC(=O)C[C@@H]1CC[C@@H](NC(=O)C2CCOCC2)[C@H](CO)O1)c1ccccc1. The minimum Gasteiger partial charge on any atom is -0.394 e. The average molecular weight is 405 g/mol. The van der Waals surface area contributed by atoms with Gasteiger partial charge in [-0.05, 0) is 38.2 Å². The molecule has 0 radical (unpaired) electrons. The lowest BCUT2D eigenvalue weighted by atomic mass is 9.94. The fraction of sp³-hybridized carbons (Fsp3) is 0.636. The molecular weight excluding hydrogens is 372 g/mol. The molecule has 7 nitrogen and oxygen atoms in total. The Balaban J connectivity index is 1.46. The second-order valence-electron chi connectivity index (χ2n) is 7.96. The first-order chi connectivity index (χ1) is 14.1. The zero-order valence-electron chi connectivity index (χ0n) is 17.0. The Morgan fingerprint density at radius 1 is 1.14 bits per heavy atom. The van der Waals surface area contributed by atoms with Crippen molar-refractivity contribution in [3.8, 4) is 0 Å². The topological polar surface area (TPSA) is 96.9 Å². The maximum Gasteiger partial charge on any atom is 0.223 e. The molecule has 160 valence electrons. The molecule has 2 heterocycles. The van der Waals surface area contributed by atoms with E-state index in [0.29, 0.717) is 26.1 Å². The predicted molar refractivity (Wildman–Crippen MR) is 108 cm³/mol. The van der Waals surface area contributed by atoms with E-state index in [1.165, 1.54) is 0 Å². The van der Waals surface area contributed by atoms with Crippen LogP contribution in [-0.4, -0.2) is 55.0 Å². The zero-order valence-corrected chi connectivity index (χ0v) is 17.0. The lowest BCUT2D eigenvalue weighted by Crippen LogP contribution is -2.53. The van der Waals surface area contributed by atoms with E-state index in [0.717, 1.165) is 18.4 Å². The standard InChI is InChI=1S/C22H32N2O5/c1-15(16-5-3-2-4-6-16)23-21(26)13-18-7-8-19(20(14-25)29-18)24-22(27)17-9-11-28-12-10-17/h2-6,15,17-20,25H,7-14H2,1H3,(H,23,26)(H,24,27)/t15-,18+,19-,20+/m1/s1. The Morgan fingerprint density at radius 3 is 2.55 bits per heavy atom. The molecule has 0 bridgehead atoms. The van der Waals surface area contributed by atoms with Gasteiger partial charge >= 0.3 is 0 Å². The smallest absolute Gasteiger partial charge is 0.223 e. The molecule has 2 fully saturated rings. The largest absolute Gasteiger partial charge is 0.394 e. The summed E-state index contributed by atoms with van der Waals surface area (Å²) in [6.45, 7) is 2.99. The third-order valence-electron chi connectivity index (χ3n) is 5.81. The van der Waals surface area contributed by atoms with Gasteiger partial charge in [-0.3, -0.25) is 9.59 Å². The van der Waals surface area contributed by atoms with Crippen LogP contribution in [0.3, 0.4) is 0 Å². The summed E-state index contributed by atoms with van der Waals surface area (Å²) in [5.74, 6) is -0.105. The van der Waals surface area contributed by atoms with Crippen molar-refractivity contribution in [2.75, 3.05) is 19.8 Å². The number of nitrogens with one attached hydrogen (secondary N) is 2. The molecule has 2 saturated heterocycles. The van der Waals surface area contributed by atoms with E-state index in [4.69, 9.17) is 9.47 Å². The predicted octanol–water partition coefficient (Wildman–Crippen LogP) is 1.71. The van der Waals surface area contributed by atoms with Crippen LogP contribution < -0.4 is 10.6 Å². The van der Waals surface area contributed by atoms with Gasteiger partial charge in [0.25, 0.3) is 0 Å². The van der Waals surface area contributed by atoms with Gasteiger partial charge in [-0.1, -0.05) is 30.3 Å². The van der Waals surface area contributed by atoms with Crippen LogP contribution in [0.25, 0.3) is 0 Å². The highest BCUT2D eigenvalue weighted by Gasteiger charge is 2.34. The number of hydrogen-bond acceptors (Lipinski definition) is 5. The maximum atomic E-state index is 12.5. The van der Waals surface area contributed by atoms with Gasteiger partial charge < -0.3 is 25.2 Å². The van der Waals surface area contributed by atoms with Gasteiger partial charge in [0, 0.05) is 19.1 Å². The number of carbonyl (C=O) groups is 2. The highest BCUT2D eigenvalue weighted by molar-refractivity contribution is 5.79. The summed E-state index contributed by atoms with van der Waals surface area (Å²) in [6.07, 6.45) is 2.31. The number of aliphatic hydroxyl groups is 1. The van der Waals surface area contributed by atoms with Crippen LogP contribution >= 0.6 is 0 Å². The second-order valence-corrected chi connectivity index (χ2v) is 7.96. The van der Waals surface area contributed by atoms with Crippen molar-refractivity contribution in [1.82, 2.24) is 10.6 Å². The Labute approximate surface area is 172 Å². The molecule has 4 atom stereocenters. The molecule has 0 saturated carbocycles. The highest BCUT2D eigenvalue weighted by atomic mass is 16.5. The van der Waals surface area contributed by atoms with Crippen molar-refractivity contribution in [3.05, 3.63) is 35.9 Å².